The number of hydrogen-bond donors (Lipinski definition) is 1. The van der Waals surface area contributed by atoms with Gasteiger partial charge in [0, 0.05) is 5.56 Å². The summed E-state index contributed by atoms with van der Waals surface area (Å²) in [6.45, 7) is 1.89. The van der Waals surface area contributed by atoms with Gasteiger partial charge in [-0.15, -0.1) is 0 Å². The summed E-state index contributed by atoms with van der Waals surface area (Å²) in [6.07, 6.45) is 3.17. The van der Waals surface area contributed by atoms with E-state index in [1.165, 1.54) is 0 Å². The lowest BCUT2D eigenvalue weighted by Crippen LogP contribution is -1.98. The van der Waals surface area contributed by atoms with E-state index in [-0.39, 0.29) is 0 Å². The first-order chi connectivity index (χ1) is 7.20. The quantitative estimate of drug-likeness (QED) is 0.814. The predicted octanol–water partition coefficient (Wildman–Crippen LogP) is 2.95. The van der Waals surface area contributed by atoms with Crippen molar-refractivity contribution < 1.29 is 14.3 Å². The normalized spacial score (nSPS) is 10.2. The van der Waals surface area contributed by atoms with Crippen LogP contribution in [0.25, 0.3) is 11.1 Å². The van der Waals surface area contributed by atoms with Gasteiger partial charge in [0.25, 0.3) is 0 Å². The minimum Gasteiger partial charge on any atom is -0.478 e. The van der Waals surface area contributed by atoms with E-state index < -0.39 is 5.97 Å². The molecule has 3 nitrogen and oxygen atoms in total. The Morgan fingerprint density at radius 1 is 1.20 bits per heavy atom. The van der Waals surface area contributed by atoms with Gasteiger partial charge in [-0.1, -0.05) is 18.2 Å². The van der Waals surface area contributed by atoms with E-state index in [1.807, 2.05) is 13.0 Å². The van der Waals surface area contributed by atoms with Crippen molar-refractivity contribution in [3.8, 4) is 11.1 Å². The van der Waals surface area contributed by atoms with Gasteiger partial charge in [0.05, 0.1) is 18.1 Å². The number of aromatic carboxylic acids is 1. The first kappa shape index (κ1) is 9.52. The van der Waals surface area contributed by atoms with E-state index in [9.17, 15) is 4.79 Å². The van der Waals surface area contributed by atoms with E-state index in [0.29, 0.717) is 11.1 Å². The average Bonchev–Trinajstić information content (AvgIpc) is 2.64. The maximum Gasteiger partial charge on any atom is 0.336 e. The zero-order chi connectivity index (χ0) is 10.8. The number of hydrogen-bond acceptors (Lipinski definition) is 2. The Labute approximate surface area is 87.0 Å². The fourth-order valence-electron chi connectivity index (χ4n) is 1.54. The van der Waals surface area contributed by atoms with Crippen LogP contribution in [0.2, 0.25) is 0 Å². The molecule has 1 aromatic heterocycles. The molecule has 1 N–H and O–H groups in total. The number of carboxylic acid groups (broad SMARTS) is 1. The third-order valence-electron chi connectivity index (χ3n) is 2.30. The van der Waals surface area contributed by atoms with Crippen LogP contribution in [0.4, 0.5) is 0 Å². The second-order valence-corrected chi connectivity index (χ2v) is 3.32. The standard InChI is InChI=1S/C12H10O3/c1-8-6-15-7-11(8)9-4-2-3-5-10(9)12(13)14/h2-7H,1H3,(H,13,14). The number of furan rings is 1. The van der Waals surface area contributed by atoms with Crippen LogP contribution in [-0.2, 0) is 0 Å². The molecule has 0 fully saturated rings. The highest BCUT2D eigenvalue weighted by atomic mass is 16.4. The van der Waals surface area contributed by atoms with Gasteiger partial charge < -0.3 is 9.52 Å². The largest absolute Gasteiger partial charge is 0.478 e. The van der Waals surface area contributed by atoms with Crippen molar-refractivity contribution in [3.63, 3.8) is 0 Å². The topological polar surface area (TPSA) is 50.4 Å². The molecule has 0 amide bonds. The summed E-state index contributed by atoms with van der Waals surface area (Å²) >= 11 is 0. The number of aryl methyl sites for hydroxylation is 1. The summed E-state index contributed by atoms with van der Waals surface area (Å²) in [5.41, 5.74) is 2.75. The minimum atomic E-state index is -0.925. The summed E-state index contributed by atoms with van der Waals surface area (Å²) in [5.74, 6) is -0.925. The van der Waals surface area contributed by atoms with Gasteiger partial charge in [0.1, 0.15) is 0 Å². The molecule has 0 aliphatic heterocycles. The molecule has 76 valence electrons. The van der Waals surface area contributed by atoms with E-state index in [1.54, 1.807) is 30.7 Å². The Kier molecular flexibility index (Phi) is 2.29. The summed E-state index contributed by atoms with van der Waals surface area (Å²) < 4.78 is 5.04. The Morgan fingerprint density at radius 2 is 1.93 bits per heavy atom. The lowest BCUT2D eigenvalue weighted by Gasteiger charge is -2.03. The third-order valence-corrected chi connectivity index (χ3v) is 2.30. The van der Waals surface area contributed by atoms with Crippen molar-refractivity contribution in [1.82, 2.24) is 0 Å². The van der Waals surface area contributed by atoms with Gasteiger partial charge in [-0.25, -0.2) is 4.79 Å². The highest BCUT2D eigenvalue weighted by Gasteiger charge is 2.13. The van der Waals surface area contributed by atoms with E-state index in [2.05, 4.69) is 0 Å². The number of carbonyl (C=O) groups is 1. The smallest absolute Gasteiger partial charge is 0.336 e. The maximum absolute atomic E-state index is 11.0. The molecule has 2 rings (SSSR count). The molecule has 0 aliphatic carbocycles. The van der Waals surface area contributed by atoms with E-state index in [0.717, 1.165) is 11.1 Å². The van der Waals surface area contributed by atoms with Gasteiger partial charge in [0.15, 0.2) is 0 Å². The molecule has 1 heterocycles. The molecular weight excluding hydrogens is 192 g/mol. The second kappa shape index (κ2) is 3.61. The number of carboxylic acids is 1. The number of benzene rings is 1. The summed E-state index contributed by atoms with van der Waals surface area (Å²) in [4.78, 5) is 11.0. The highest BCUT2D eigenvalue weighted by Crippen LogP contribution is 2.27. The van der Waals surface area contributed by atoms with Crippen molar-refractivity contribution in [2.75, 3.05) is 0 Å². The van der Waals surface area contributed by atoms with Crippen LogP contribution in [0.15, 0.2) is 41.2 Å². The molecule has 0 atom stereocenters. The van der Waals surface area contributed by atoms with Gasteiger partial charge in [-0.2, -0.15) is 0 Å². The van der Waals surface area contributed by atoms with Crippen LogP contribution in [0.3, 0.4) is 0 Å². The Balaban J connectivity index is 2.63. The molecule has 0 radical (unpaired) electrons. The third kappa shape index (κ3) is 1.64. The maximum atomic E-state index is 11.0. The Hall–Kier alpha value is -2.03. The number of rotatable bonds is 2. The van der Waals surface area contributed by atoms with Crippen LogP contribution < -0.4 is 0 Å². The molecule has 3 heteroatoms. The molecule has 0 unspecified atom stereocenters. The second-order valence-electron chi connectivity index (χ2n) is 3.32. The fraction of sp³-hybridized carbons (Fsp3) is 0.0833. The molecule has 2 aromatic rings. The minimum absolute atomic E-state index is 0.294. The van der Waals surface area contributed by atoms with Crippen molar-refractivity contribution in [3.05, 3.63) is 47.9 Å². The molecule has 0 saturated carbocycles. The van der Waals surface area contributed by atoms with Crippen LogP contribution in [0, 0.1) is 6.92 Å². The summed E-state index contributed by atoms with van der Waals surface area (Å²) in [6, 6.07) is 6.89. The van der Waals surface area contributed by atoms with Crippen LogP contribution in [-0.4, -0.2) is 11.1 Å². The van der Waals surface area contributed by atoms with Gasteiger partial charge in [0.2, 0.25) is 0 Å². The Bertz CT molecular complexity index is 497. The van der Waals surface area contributed by atoms with Gasteiger partial charge in [-0.05, 0) is 24.1 Å². The van der Waals surface area contributed by atoms with Crippen molar-refractivity contribution in [2.45, 2.75) is 6.92 Å². The van der Waals surface area contributed by atoms with Crippen LogP contribution in [0.1, 0.15) is 15.9 Å². The molecular formula is C12H10O3. The molecule has 15 heavy (non-hydrogen) atoms. The van der Waals surface area contributed by atoms with E-state index >= 15 is 0 Å². The van der Waals surface area contributed by atoms with Crippen molar-refractivity contribution in [2.24, 2.45) is 0 Å². The van der Waals surface area contributed by atoms with E-state index in [4.69, 9.17) is 9.52 Å². The lowest BCUT2D eigenvalue weighted by atomic mass is 10.00. The average molecular weight is 202 g/mol. The SMILES string of the molecule is Cc1cocc1-c1ccccc1C(=O)O. The zero-order valence-corrected chi connectivity index (χ0v) is 8.23. The van der Waals surface area contributed by atoms with Crippen molar-refractivity contribution >= 4 is 5.97 Å². The monoisotopic (exact) mass is 202 g/mol. The lowest BCUT2D eigenvalue weighted by molar-refractivity contribution is 0.0698. The zero-order valence-electron chi connectivity index (χ0n) is 8.23. The molecule has 1 aromatic carbocycles. The Morgan fingerprint density at radius 3 is 2.53 bits per heavy atom. The first-order valence-electron chi connectivity index (χ1n) is 4.55. The molecule has 0 saturated heterocycles. The predicted molar refractivity (Wildman–Crippen MR) is 55.8 cm³/mol. The first-order valence-corrected chi connectivity index (χ1v) is 4.55. The van der Waals surface area contributed by atoms with Gasteiger partial charge >= 0.3 is 5.97 Å². The molecule has 0 bridgehead atoms. The van der Waals surface area contributed by atoms with Crippen molar-refractivity contribution in [1.29, 1.82) is 0 Å². The molecule has 0 aliphatic rings. The van der Waals surface area contributed by atoms with Crippen LogP contribution >= 0.6 is 0 Å². The molecule has 0 spiro atoms. The van der Waals surface area contributed by atoms with Crippen LogP contribution in [0.5, 0.6) is 0 Å². The highest BCUT2D eigenvalue weighted by molar-refractivity contribution is 5.96. The van der Waals surface area contributed by atoms with Gasteiger partial charge in [-0.3, -0.25) is 0 Å². The summed E-state index contributed by atoms with van der Waals surface area (Å²) in [7, 11) is 0. The summed E-state index contributed by atoms with van der Waals surface area (Å²) in [5, 5.41) is 9.02. The fourth-order valence-corrected chi connectivity index (χ4v) is 1.54.